The molecule has 0 aliphatic carbocycles. The quantitative estimate of drug-likeness (QED) is 0.635. The lowest BCUT2D eigenvalue weighted by Crippen LogP contribution is -2.39. The minimum absolute atomic E-state index is 0.362. The highest BCUT2D eigenvalue weighted by molar-refractivity contribution is 5.27. The van der Waals surface area contributed by atoms with E-state index in [0.717, 1.165) is 51.3 Å². The number of hydrogen-bond acceptors (Lipinski definition) is 4. The van der Waals surface area contributed by atoms with Crippen molar-refractivity contribution in [3.8, 4) is 5.75 Å². The Bertz CT molecular complexity index is 494. The van der Waals surface area contributed by atoms with E-state index in [1.54, 1.807) is 7.11 Å². The van der Waals surface area contributed by atoms with Crippen molar-refractivity contribution in [2.45, 2.75) is 58.8 Å². The Kier molecular flexibility index (Phi) is 7.73. The van der Waals surface area contributed by atoms with Gasteiger partial charge in [-0.3, -0.25) is 0 Å². The van der Waals surface area contributed by atoms with Crippen molar-refractivity contribution in [3.63, 3.8) is 0 Å². The van der Waals surface area contributed by atoms with Gasteiger partial charge >= 0.3 is 0 Å². The average Bonchev–Trinajstić information content (AvgIpc) is 3.09. The van der Waals surface area contributed by atoms with Crippen LogP contribution < -0.4 is 4.74 Å². The Morgan fingerprint density at radius 2 is 1.76 bits per heavy atom. The lowest BCUT2D eigenvalue weighted by molar-refractivity contribution is -0.193. The Morgan fingerprint density at radius 1 is 1.12 bits per heavy atom. The number of likely N-dealkylation sites (N-methyl/N-ethyl adjacent to an activating group) is 1. The molecule has 1 unspecified atom stereocenters. The minimum atomic E-state index is -0.362. The Labute approximate surface area is 153 Å². The van der Waals surface area contributed by atoms with Crippen LogP contribution in [0, 0.1) is 5.92 Å². The molecule has 0 radical (unpaired) electrons. The Balaban J connectivity index is 1.83. The molecule has 0 spiro atoms. The van der Waals surface area contributed by atoms with Gasteiger partial charge in [-0.15, -0.1) is 0 Å². The van der Waals surface area contributed by atoms with Crippen molar-refractivity contribution in [2.75, 3.05) is 33.4 Å². The monoisotopic (exact) mass is 349 g/mol. The summed E-state index contributed by atoms with van der Waals surface area (Å²) in [5.41, 5.74) is 1.35. The number of ether oxygens (including phenoxy) is 3. The van der Waals surface area contributed by atoms with Gasteiger partial charge in [0.2, 0.25) is 0 Å². The summed E-state index contributed by atoms with van der Waals surface area (Å²) in [6.07, 6.45) is 3.12. The predicted molar refractivity (Wildman–Crippen MR) is 102 cm³/mol. The summed E-state index contributed by atoms with van der Waals surface area (Å²) in [4.78, 5) is 2.55. The molecule has 1 aromatic rings. The summed E-state index contributed by atoms with van der Waals surface area (Å²) in [6.45, 7) is 12.5. The zero-order chi connectivity index (χ0) is 18.3. The van der Waals surface area contributed by atoms with E-state index in [1.165, 1.54) is 5.56 Å². The summed E-state index contributed by atoms with van der Waals surface area (Å²) in [5, 5.41) is 0. The first-order valence-electron chi connectivity index (χ1n) is 9.65. The van der Waals surface area contributed by atoms with Gasteiger partial charge in [0.25, 0.3) is 0 Å². The van der Waals surface area contributed by atoms with Crippen molar-refractivity contribution in [1.29, 1.82) is 0 Å². The summed E-state index contributed by atoms with van der Waals surface area (Å²) in [7, 11) is 1.71. The maximum atomic E-state index is 5.94. The van der Waals surface area contributed by atoms with Gasteiger partial charge in [0.05, 0.1) is 20.3 Å². The first-order valence-corrected chi connectivity index (χ1v) is 9.65. The van der Waals surface area contributed by atoms with Crippen molar-refractivity contribution in [1.82, 2.24) is 4.90 Å². The standard InChI is InChI=1S/C21H35NO3/c1-6-22(13-7-12-21(17(2)3)24-14-15-25-21)18(4)16-19-8-10-20(23-5)11-9-19/h8-11,17-18H,6-7,12-16H2,1-5H3. The third kappa shape index (κ3) is 5.44. The third-order valence-electron chi connectivity index (χ3n) is 5.35. The molecule has 4 heteroatoms. The second-order valence-electron chi connectivity index (χ2n) is 7.30. The lowest BCUT2D eigenvalue weighted by Gasteiger charge is -2.33. The predicted octanol–water partition coefficient (Wildman–Crippen LogP) is 4.13. The summed E-state index contributed by atoms with van der Waals surface area (Å²) >= 11 is 0. The van der Waals surface area contributed by atoms with E-state index in [0.29, 0.717) is 12.0 Å². The molecule has 1 aliphatic rings. The Morgan fingerprint density at radius 3 is 2.28 bits per heavy atom. The van der Waals surface area contributed by atoms with Gasteiger partial charge in [0, 0.05) is 18.4 Å². The number of benzene rings is 1. The highest BCUT2D eigenvalue weighted by Gasteiger charge is 2.39. The van der Waals surface area contributed by atoms with E-state index in [1.807, 2.05) is 12.1 Å². The summed E-state index contributed by atoms with van der Waals surface area (Å²) < 4.78 is 17.1. The van der Waals surface area contributed by atoms with Crippen LogP contribution in [0.2, 0.25) is 0 Å². The lowest BCUT2D eigenvalue weighted by atomic mass is 9.97. The molecule has 0 saturated carbocycles. The third-order valence-corrected chi connectivity index (χ3v) is 5.35. The van der Waals surface area contributed by atoms with Crippen LogP contribution in [0.15, 0.2) is 24.3 Å². The van der Waals surface area contributed by atoms with Crippen LogP contribution in [0.1, 0.15) is 46.1 Å². The Hall–Kier alpha value is -1.10. The molecule has 4 nitrogen and oxygen atoms in total. The van der Waals surface area contributed by atoms with E-state index in [-0.39, 0.29) is 5.79 Å². The fourth-order valence-electron chi connectivity index (χ4n) is 3.69. The van der Waals surface area contributed by atoms with Gasteiger partial charge in [-0.2, -0.15) is 0 Å². The molecule has 1 aromatic carbocycles. The van der Waals surface area contributed by atoms with E-state index in [4.69, 9.17) is 14.2 Å². The van der Waals surface area contributed by atoms with Crippen molar-refractivity contribution in [3.05, 3.63) is 29.8 Å². The molecular weight excluding hydrogens is 314 g/mol. The second-order valence-corrected chi connectivity index (χ2v) is 7.30. The van der Waals surface area contributed by atoms with Crippen LogP contribution in [-0.2, 0) is 15.9 Å². The molecule has 0 N–H and O–H groups in total. The van der Waals surface area contributed by atoms with Crippen molar-refractivity contribution < 1.29 is 14.2 Å². The van der Waals surface area contributed by atoms with E-state index < -0.39 is 0 Å². The van der Waals surface area contributed by atoms with Crippen molar-refractivity contribution >= 4 is 0 Å². The maximum Gasteiger partial charge on any atom is 0.170 e. The smallest absolute Gasteiger partial charge is 0.170 e. The van der Waals surface area contributed by atoms with Crippen LogP contribution in [0.5, 0.6) is 5.75 Å². The molecule has 0 bridgehead atoms. The van der Waals surface area contributed by atoms with Crippen LogP contribution in [-0.4, -0.2) is 50.1 Å². The molecule has 2 rings (SSSR count). The molecule has 1 fully saturated rings. The van der Waals surface area contributed by atoms with Gasteiger partial charge < -0.3 is 19.1 Å². The van der Waals surface area contributed by atoms with Crippen LogP contribution >= 0.6 is 0 Å². The summed E-state index contributed by atoms with van der Waals surface area (Å²) in [5.74, 6) is 0.944. The number of hydrogen-bond donors (Lipinski definition) is 0. The van der Waals surface area contributed by atoms with Crippen LogP contribution in [0.3, 0.4) is 0 Å². The maximum absolute atomic E-state index is 5.94. The number of nitrogens with zero attached hydrogens (tertiary/aromatic N) is 1. The topological polar surface area (TPSA) is 30.9 Å². The molecule has 25 heavy (non-hydrogen) atoms. The second kappa shape index (κ2) is 9.56. The largest absolute Gasteiger partial charge is 0.497 e. The fourth-order valence-corrected chi connectivity index (χ4v) is 3.69. The first-order chi connectivity index (χ1) is 12.0. The normalized spacial score (nSPS) is 18.0. The molecule has 1 heterocycles. The van der Waals surface area contributed by atoms with Gasteiger partial charge in [-0.1, -0.05) is 32.9 Å². The van der Waals surface area contributed by atoms with Gasteiger partial charge in [0.1, 0.15) is 5.75 Å². The SMILES string of the molecule is CCN(CCCC1(C(C)C)OCCO1)C(C)Cc1ccc(OC)cc1. The molecule has 0 amide bonds. The molecule has 0 aromatic heterocycles. The molecule has 142 valence electrons. The zero-order valence-electron chi connectivity index (χ0n) is 16.6. The minimum Gasteiger partial charge on any atom is -0.497 e. The fraction of sp³-hybridized carbons (Fsp3) is 0.714. The highest BCUT2D eigenvalue weighted by atomic mass is 16.7. The van der Waals surface area contributed by atoms with Gasteiger partial charge in [0.15, 0.2) is 5.79 Å². The molecule has 1 aliphatic heterocycles. The van der Waals surface area contributed by atoms with Gasteiger partial charge in [-0.05, 0) is 50.6 Å². The van der Waals surface area contributed by atoms with Crippen molar-refractivity contribution in [2.24, 2.45) is 5.92 Å². The molecule has 1 saturated heterocycles. The molecule has 1 atom stereocenters. The van der Waals surface area contributed by atoms with Crippen LogP contribution in [0.4, 0.5) is 0 Å². The zero-order valence-corrected chi connectivity index (χ0v) is 16.6. The van der Waals surface area contributed by atoms with Gasteiger partial charge in [-0.25, -0.2) is 0 Å². The first kappa shape index (κ1) is 20.2. The average molecular weight is 350 g/mol. The molecular formula is C21H35NO3. The van der Waals surface area contributed by atoms with E-state index in [2.05, 4.69) is 44.7 Å². The van der Waals surface area contributed by atoms with E-state index >= 15 is 0 Å². The summed E-state index contributed by atoms with van der Waals surface area (Å²) in [6, 6.07) is 8.92. The highest BCUT2D eigenvalue weighted by Crippen LogP contribution is 2.32. The number of methoxy groups -OCH3 is 1. The number of rotatable bonds is 10. The van der Waals surface area contributed by atoms with E-state index in [9.17, 15) is 0 Å². The van der Waals surface area contributed by atoms with Crippen LogP contribution in [0.25, 0.3) is 0 Å².